The van der Waals surface area contributed by atoms with Gasteiger partial charge in [-0.2, -0.15) is 0 Å². The van der Waals surface area contributed by atoms with Crippen LogP contribution in [0.5, 0.6) is 5.75 Å². The average molecular weight is 478 g/mol. The Morgan fingerprint density at radius 2 is 1.62 bits per heavy atom. The molecule has 6 heteroatoms. The lowest BCUT2D eigenvalue weighted by atomic mass is 9.76. The van der Waals surface area contributed by atoms with Gasteiger partial charge in [0, 0.05) is 19.2 Å². The molecule has 2 aliphatic rings. The summed E-state index contributed by atoms with van der Waals surface area (Å²) in [6.07, 6.45) is 5.88. The molecule has 0 spiro atoms. The molecule has 4 nitrogen and oxygen atoms in total. The molecule has 1 aliphatic heterocycles. The van der Waals surface area contributed by atoms with Crippen molar-refractivity contribution >= 4 is 23.2 Å². The molecule has 4 rings (SSSR count). The molecule has 1 aliphatic carbocycles. The monoisotopic (exact) mass is 477 g/mol. The first-order valence-corrected chi connectivity index (χ1v) is 12.4. The highest BCUT2D eigenvalue weighted by Crippen LogP contribution is 2.39. The van der Waals surface area contributed by atoms with Crippen molar-refractivity contribution in [3.05, 3.63) is 64.1 Å². The fourth-order valence-corrected chi connectivity index (χ4v) is 5.40. The van der Waals surface area contributed by atoms with Crippen molar-refractivity contribution < 1.29 is 14.9 Å². The largest absolute Gasteiger partial charge is 0.491 e. The van der Waals surface area contributed by atoms with Crippen LogP contribution in [0.25, 0.3) is 0 Å². The fraction of sp³-hybridized carbons (Fsp3) is 0.538. The Balaban J connectivity index is 1.27. The zero-order valence-electron chi connectivity index (χ0n) is 18.5. The third-order valence-electron chi connectivity index (χ3n) is 7.11. The van der Waals surface area contributed by atoms with E-state index in [9.17, 15) is 10.2 Å². The first-order chi connectivity index (χ1) is 15.3. The molecule has 0 radical (unpaired) electrons. The normalized spacial score (nSPS) is 29.4. The van der Waals surface area contributed by atoms with Crippen LogP contribution in [0.2, 0.25) is 10.0 Å². The second-order valence-electron chi connectivity index (χ2n) is 9.63. The summed E-state index contributed by atoms with van der Waals surface area (Å²) in [7, 11) is 0. The molecule has 1 atom stereocenters. The zero-order chi connectivity index (χ0) is 22.6. The van der Waals surface area contributed by atoms with E-state index in [0.29, 0.717) is 41.1 Å². The fourth-order valence-electron chi connectivity index (χ4n) is 5.11. The molecule has 2 aromatic rings. The van der Waals surface area contributed by atoms with Gasteiger partial charge in [0.05, 0.1) is 21.2 Å². The van der Waals surface area contributed by atoms with E-state index in [1.54, 1.807) is 18.2 Å². The molecule has 2 fully saturated rings. The van der Waals surface area contributed by atoms with Crippen LogP contribution in [0.15, 0.2) is 48.5 Å². The minimum absolute atomic E-state index is 0.224. The van der Waals surface area contributed by atoms with Crippen molar-refractivity contribution in [2.45, 2.75) is 62.1 Å². The second kappa shape index (κ2) is 10.3. The summed E-state index contributed by atoms with van der Waals surface area (Å²) in [5.41, 5.74) is -0.130. The number of likely N-dealkylation sites (tertiary alicyclic amines) is 1. The average Bonchev–Trinajstić information content (AvgIpc) is 2.97. The lowest BCUT2D eigenvalue weighted by Gasteiger charge is -2.39. The summed E-state index contributed by atoms with van der Waals surface area (Å²) < 4.78 is 5.84. The summed E-state index contributed by atoms with van der Waals surface area (Å²) in [6, 6.07) is 15.8. The minimum Gasteiger partial charge on any atom is -0.491 e. The Bertz CT molecular complexity index is 886. The van der Waals surface area contributed by atoms with Gasteiger partial charge in [-0.05, 0) is 75.1 Å². The quantitative estimate of drug-likeness (QED) is 0.561. The molecule has 0 aromatic heterocycles. The highest BCUT2D eigenvalue weighted by Gasteiger charge is 2.37. The Hall–Kier alpha value is -1.30. The van der Waals surface area contributed by atoms with E-state index < -0.39 is 11.2 Å². The van der Waals surface area contributed by atoms with Gasteiger partial charge in [-0.25, -0.2) is 0 Å². The third kappa shape index (κ3) is 6.18. The van der Waals surface area contributed by atoms with Gasteiger partial charge in [-0.15, -0.1) is 0 Å². The lowest BCUT2D eigenvalue weighted by molar-refractivity contribution is -0.0364. The number of rotatable bonds is 6. The van der Waals surface area contributed by atoms with Gasteiger partial charge < -0.3 is 19.8 Å². The third-order valence-corrected chi connectivity index (χ3v) is 7.85. The number of β-amino-alcohol motifs (C(OH)–C–C–N with tert-alkyl or cyclic N) is 1. The number of aliphatic hydroxyl groups is 2. The van der Waals surface area contributed by atoms with Gasteiger partial charge in [-0.3, -0.25) is 0 Å². The minimum atomic E-state index is -0.881. The molecule has 32 heavy (non-hydrogen) atoms. The van der Waals surface area contributed by atoms with E-state index in [-0.39, 0.29) is 6.61 Å². The summed E-state index contributed by atoms with van der Waals surface area (Å²) in [5, 5.41) is 23.3. The van der Waals surface area contributed by atoms with Crippen LogP contribution in [-0.4, -0.2) is 52.6 Å². The Morgan fingerprint density at radius 3 is 2.34 bits per heavy atom. The molecule has 1 heterocycles. The summed E-state index contributed by atoms with van der Waals surface area (Å²) >= 11 is 12.0. The van der Waals surface area contributed by atoms with E-state index in [2.05, 4.69) is 35.2 Å². The molecule has 0 bridgehead atoms. The molecule has 2 N–H and O–H groups in total. The summed E-state index contributed by atoms with van der Waals surface area (Å²) in [5.74, 6) is 1.16. The summed E-state index contributed by atoms with van der Waals surface area (Å²) in [6.45, 7) is 2.55. The molecule has 1 saturated heterocycles. The van der Waals surface area contributed by atoms with Crippen LogP contribution in [0.4, 0.5) is 0 Å². The Morgan fingerprint density at radius 1 is 0.875 bits per heavy atom. The van der Waals surface area contributed by atoms with E-state index in [1.807, 2.05) is 0 Å². The van der Waals surface area contributed by atoms with Crippen LogP contribution in [0, 0.1) is 0 Å². The second-order valence-corrected chi connectivity index (χ2v) is 10.4. The maximum atomic E-state index is 11.3. The molecular formula is C26H33Cl2NO3. The molecule has 174 valence electrons. The number of hydrogen-bond donors (Lipinski definition) is 2. The van der Waals surface area contributed by atoms with Crippen molar-refractivity contribution in [2.24, 2.45) is 0 Å². The number of nitrogens with zero attached hydrogens (tertiary/aromatic N) is 1. The molecule has 0 amide bonds. The predicted molar refractivity (Wildman–Crippen MR) is 130 cm³/mol. The topological polar surface area (TPSA) is 52.9 Å². The van der Waals surface area contributed by atoms with Crippen LogP contribution in [0.1, 0.15) is 56.4 Å². The SMILES string of the molecule is OC1(COc2ccc(Cl)c(Cl)c2)CCCN(CC2(O)CCC(c3ccccc3)CC2)CC1. The first kappa shape index (κ1) is 23.8. The van der Waals surface area contributed by atoms with Crippen molar-refractivity contribution in [3.8, 4) is 5.75 Å². The molecular weight excluding hydrogens is 445 g/mol. The van der Waals surface area contributed by atoms with E-state index in [1.165, 1.54) is 5.56 Å². The van der Waals surface area contributed by atoms with Gasteiger partial charge in [0.1, 0.15) is 12.4 Å². The first-order valence-electron chi connectivity index (χ1n) is 11.6. The predicted octanol–water partition coefficient (Wildman–Crippen LogP) is 5.68. The Labute approximate surface area is 201 Å². The van der Waals surface area contributed by atoms with E-state index >= 15 is 0 Å². The zero-order valence-corrected chi connectivity index (χ0v) is 20.0. The van der Waals surface area contributed by atoms with E-state index in [4.69, 9.17) is 27.9 Å². The van der Waals surface area contributed by atoms with Crippen LogP contribution < -0.4 is 4.74 Å². The van der Waals surface area contributed by atoms with Gasteiger partial charge >= 0.3 is 0 Å². The molecule has 1 saturated carbocycles. The van der Waals surface area contributed by atoms with Crippen LogP contribution in [-0.2, 0) is 0 Å². The maximum Gasteiger partial charge on any atom is 0.121 e. The highest BCUT2D eigenvalue weighted by atomic mass is 35.5. The maximum absolute atomic E-state index is 11.3. The molecule has 2 aromatic carbocycles. The number of hydrogen-bond acceptors (Lipinski definition) is 4. The lowest BCUT2D eigenvalue weighted by Crippen LogP contribution is -2.46. The van der Waals surface area contributed by atoms with Crippen LogP contribution in [0.3, 0.4) is 0 Å². The van der Waals surface area contributed by atoms with Crippen molar-refractivity contribution in [2.75, 3.05) is 26.2 Å². The van der Waals surface area contributed by atoms with Gasteiger partial charge in [0.15, 0.2) is 0 Å². The highest BCUT2D eigenvalue weighted by molar-refractivity contribution is 6.42. The van der Waals surface area contributed by atoms with Crippen molar-refractivity contribution in [3.63, 3.8) is 0 Å². The van der Waals surface area contributed by atoms with Gasteiger partial charge in [0.2, 0.25) is 0 Å². The van der Waals surface area contributed by atoms with Crippen LogP contribution >= 0.6 is 23.2 Å². The van der Waals surface area contributed by atoms with Gasteiger partial charge in [-0.1, -0.05) is 53.5 Å². The number of benzene rings is 2. The van der Waals surface area contributed by atoms with E-state index in [0.717, 1.165) is 45.2 Å². The smallest absolute Gasteiger partial charge is 0.121 e. The standard InChI is InChI=1S/C26H33Cl2NO3/c27-23-8-7-22(17-24(23)28)32-19-26(31)11-4-15-29(16-14-26)18-25(30)12-9-21(10-13-25)20-5-2-1-3-6-20/h1-3,5-8,17,21,30-31H,4,9-16,18-19H2. The Kier molecular flexibility index (Phi) is 7.69. The van der Waals surface area contributed by atoms with Crippen molar-refractivity contribution in [1.82, 2.24) is 4.90 Å². The molecule has 1 unspecified atom stereocenters. The summed E-state index contributed by atoms with van der Waals surface area (Å²) in [4.78, 5) is 2.32. The van der Waals surface area contributed by atoms with Crippen molar-refractivity contribution in [1.29, 1.82) is 0 Å². The number of ether oxygens (including phenoxy) is 1. The number of halogens is 2. The van der Waals surface area contributed by atoms with Gasteiger partial charge in [0.25, 0.3) is 0 Å².